The van der Waals surface area contributed by atoms with Crippen molar-refractivity contribution < 1.29 is 61.9 Å². The average Bonchev–Trinajstić information content (AvgIpc) is 3.05. The second-order valence-electron chi connectivity index (χ2n) is 17.8. The highest BCUT2D eigenvalue weighted by atomic mass is 16.7. The number of carbonyl (C=O) groups excluding carboxylic acids is 5. The summed E-state index contributed by atoms with van der Waals surface area (Å²) >= 11 is 0. The van der Waals surface area contributed by atoms with Crippen LogP contribution < -0.4 is 9.47 Å². The minimum Gasteiger partial charge on any atom is -0.493 e. The van der Waals surface area contributed by atoms with Gasteiger partial charge in [0.25, 0.3) is 0 Å². The molecule has 0 amide bonds. The predicted molar refractivity (Wildman–Crippen MR) is 196 cm³/mol. The fourth-order valence-corrected chi connectivity index (χ4v) is 5.70. The van der Waals surface area contributed by atoms with Crippen LogP contribution in [0.15, 0.2) is 12.1 Å². The Bertz CT molecular complexity index is 1540. The molecule has 304 valence electrons. The first-order chi connectivity index (χ1) is 24.8. The van der Waals surface area contributed by atoms with Crippen LogP contribution in [0.1, 0.15) is 107 Å². The van der Waals surface area contributed by atoms with Crippen molar-refractivity contribution in [1.82, 2.24) is 4.90 Å². The van der Waals surface area contributed by atoms with E-state index in [1.165, 1.54) is 14.2 Å². The van der Waals surface area contributed by atoms with Gasteiger partial charge in [0.2, 0.25) is 0 Å². The molecule has 1 aromatic rings. The fraction of sp³-hybridized carbons (Fsp3) is 0.725. The maximum atomic E-state index is 14.1. The number of methoxy groups -OCH3 is 2. The molecule has 0 unspecified atom stereocenters. The molecule has 54 heavy (non-hydrogen) atoms. The summed E-state index contributed by atoms with van der Waals surface area (Å²) in [5.74, 6) is -2.39. The van der Waals surface area contributed by atoms with Crippen molar-refractivity contribution in [3.63, 3.8) is 0 Å². The zero-order chi connectivity index (χ0) is 41.1. The lowest BCUT2D eigenvalue weighted by atomic mass is 9.88. The Labute approximate surface area is 319 Å². The van der Waals surface area contributed by atoms with Gasteiger partial charge >= 0.3 is 29.8 Å². The number of ether oxygens (including phenoxy) is 8. The van der Waals surface area contributed by atoms with Gasteiger partial charge in [0.05, 0.1) is 42.5 Å². The molecule has 0 spiro atoms. The van der Waals surface area contributed by atoms with Gasteiger partial charge in [0.1, 0.15) is 18.8 Å². The Hall–Kier alpha value is -3.91. The van der Waals surface area contributed by atoms with Gasteiger partial charge in [-0.3, -0.25) is 24.1 Å². The number of hydrogen-bond donors (Lipinski definition) is 0. The second-order valence-corrected chi connectivity index (χ2v) is 17.8. The Morgan fingerprint density at radius 3 is 1.59 bits per heavy atom. The molecule has 2 aliphatic rings. The standard InChI is InChI=1S/C40H61NO13/c1-16-49-32(42)27-23-20-25(48-15)24(47-14)19-22(23)17-18-41(27)31-30(54-36(46)40(11,12)13)29(53-35(45)39(8,9)10)28(52-34(44)38(5,6)7)26(51-31)21-50-33(43)37(2,3)4/h19-20,26-31H,16-18,21H2,1-15H3/t26-,27+,28+,29+,30-,31-/m1/s1. The average molecular weight is 764 g/mol. The lowest BCUT2D eigenvalue weighted by Crippen LogP contribution is -2.68. The molecule has 0 N–H and O–H groups in total. The third-order valence-electron chi connectivity index (χ3n) is 8.91. The van der Waals surface area contributed by atoms with Gasteiger partial charge in [-0.25, -0.2) is 4.79 Å². The van der Waals surface area contributed by atoms with Crippen LogP contribution in [0.3, 0.4) is 0 Å². The van der Waals surface area contributed by atoms with Crippen LogP contribution in [0.4, 0.5) is 0 Å². The first kappa shape index (κ1) is 44.5. The van der Waals surface area contributed by atoms with Crippen LogP contribution in [-0.4, -0.2) is 99.4 Å². The SMILES string of the molecule is CCOC(=O)[C@@H]1c2cc(OC)c(OC)cc2CCN1[C@@H]1O[C@H](COC(=O)C(C)(C)C)[C@H](OC(=O)C(C)(C)C)[C@H](OC(=O)C(C)(C)C)[C@H]1OC(=O)C(C)(C)C. The van der Waals surface area contributed by atoms with E-state index in [0.29, 0.717) is 23.5 Å². The third-order valence-corrected chi connectivity index (χ3v) is 8.91. The topological polar surface area (TPSA) is 162 Å². The minimum atomic E-state index is -1.49. The van der Waals surface area contributed by atoms with Gasteiger partial charge in [-0.15, -0.1) is 0 Å². The molecule has 0 radical (unpaired) electrons. The number of hydrogen-bond acceptors (Lipinski definition) is 14. The van der Waals surface area contributed by atoms with Crippen LogP contribution in [0.2, 0.25) is 0 Å². The molecule has 1 aromatic carbocycles. The molecule has 1 fully saturated rings. The Morgan fingerprint density at radius 2 is 1.13 bits per heavy atom. The maximum Gasteiger partial charge on any atom is 0.328 e. The molecular weight excluding hydrogens is 702 g/mol. The first-order valence-corrected chi connectivity index (χ1v) is 18.4. The lowest BCUT2D eigenvalue weighted by Gasteiger charge is -2.51. The molecule has 2 heterocycles. The van der Waals surface area contributed by atoms with Crippen LogP contribution >= 0.6 is 0 Å². The number of esters is 5. The summed E-state index contributed by atoms with van der Waals surface area (Å²) < 4.78 is 47.8. The van der Waals surface area contributed by atoms with Gasteiger partial charge in [-0.2, -0.15) is 0 Å². The normalized spacial score (nSPS) is 23.7. The second kappa shape index (κ2) is 16.8. The summed E-state index contributed by atoms with van der Waals surface area (Å²) in [5.41, 5.74) is -2.71. The van der Waals surface area contributed by atoms with E-state index in [0.717, 1.165) is 5.56 Å². The first-order valence-electron chi connectivity index (χ1n) is 18.4. The molecule has 0 aliphatic carbocycles. The van der Waals surface area contributed by atoms with Crippen LogP contribution in [0.25, 0.3) is 0 Å². The molecule has 3 rings (SSSR count). The lowest BCUT2D eigenvalue weighted by molar-refractivity contribution is -0.288. The van der Waals surface area contributed by atoms with E-state index in [-0.39, 0.29) is 13.2 Å². The van der Waals surface area contributed by atoms with Crippen LogP contribution in [0.5, 0.6) is 11.5 Å². The molecule has 1 saturated heterocycles. The number of carbonyl (C=O) groups is 5. The zero-order valence-corrected chi connectivity index (χ0v) is 34.7. The largest absolute Gasteiger partial charge is 0.493 e. The van der Waals surface area contributed by atoms with E-state index in [4.69, 9.17) is 37.9 Å². The summed E-state index contributed by atoms with van der Waals surface area (Å²) in [7, 11) is 2.99. The smallest absolute Gasteiger partial charge is 0.328 e. The highest BCUT2D eigenvalue weighted by molar-refractivity contribution is 5.80. The van der Waals surface area contributed by atoms with Crippen molar-refractivity contribution in [2.24, 2.45) is 21.7 Å². The number of fused-ring (bicyclic) bond motifs is 1. The summed E-state index contributed by atoms with van der Waals surface area (Å²) in [4.78, 5) is 70.1. The van der Waals surface area contributed by atoms with Crippen molar-refractivity contribution in [1.29, 1.82) is 0 Å². The summed E-state index contributed by atoms with van der Waals surface area (Å²) in [6.45, 7) is 21.4. The van der Waals surface area contributed by atoms with Gasteiger partial charge in [0.15, 0.2) is 36.0 Å². The zero-order valence-electron chi connectivity index (χ0n) is 34.7. The molecular formula is C40H61NO13. The molecule has 0 saturated carbocycles. The van der Waals surface area contributed by atoms with E-state index in [9.17, 15) is 24.0 Å². The van der Waals surface area contributed by atoms with Gasteiger partial charge in [-0.05, 0) is 120 Å². The van der Waals surface area contributed by atoms with E-state index < -0.39 is 94.8 Å². The monoisotopic (exact) mass is 763 g/mol. The van der Waals surface area contributed by atoms with Crippen molar-refractivity contribution in [3.05, 3.63) is 23.3 Å². The molecule has 6 atom stereocenters. The molecule has 0 aromatic heterocycles. The molecule has 2 aliphatic heterocycles. The van der Waals surface area contributed by atoms with Crippen LogP contribution in [-0.2, 0) is 58.8 Å². The Morgan fingerprint density at radius 1 is 0.667 bits per heavy atom. The fourth-order valence-electron chi connectivity index (χ4n) is 5.70. The highest BCUT2D eigenvalue weighted by Gasteiger charge is 2.58. The quantitative estimate of drug-likeness (QED) is 0.221. The van der Waals surface area contributed by atoms with Crippen molar-refractivity contribution in [3.8, 4) is 11.5 Å². The minimum absolute atomic E-state index is 0.0573. The molecule has 0 bridgehead atoms. The van der Waals surface area contributed by atoms with Crippen molar-refractivity contribution in [2.75, 3.05) is 34.0 Å². The van der Waals surface area contributed by atoms with Gasteiger partial charge < -0.3 is 37.9 Å². The predicted octanol–water partition coefficient (Wildman–Crippen LogP) is 5.35. The molecule has 14 nitrogen and oxygen atoms in total. The van der Waals surface area contributed by atoms with E-state index in [1.54, 1.807) is 107 Å². The number of benzene rings is 1. The Balaban J connectivity index is 2.36. The molecule has 14 heteroatoms. The summed E-state index contributed by atoms with van der Waals surface area (Å²) in [6, 6.07) is 2.34. The van der Waals surface area contributed by atoms with Gasteiger partial charge in [0, 0.05) is 6.54 Å². The van der Waals surface area contributed by atoms with Gasteiger partial charge in [-0.1, -0.05) is 0 Å². The van der Waals surface area contributed by atoms with Crippen LogP contribution in [0, 0.1) is 21.7 Å². The number of nitrogens with zero attached hydrogens (tertiary/aromatic N) is 1. The highest BCUT2D eigenvalue weighted by Crippen LogP contribution is 2.43. The van der Waals surface area contributed by atoms with Crippen molar-refractivity contribution >= 4 is 29.8 Å². The number of rotatable bonds is 10. The van der Waals surface area contributed by atoms with Crippen molar-refractivity contribution in [2.45, 2.75) is 133 Å². The van der Waals surface area contributed by atoms with E-state index >= 15 is 0 Å². The van der Waals surface area contributed by atoms with E-state index in [1.807, 2.05) is 0 Å². The third kappa shape index (κ3) is 10.4. The summed E-state index contributed by atoms with van der Waals surface area (Å²) in [5, 5.41) is 0. The maximum absolute atomic E-state index is 14.1. The Kier molecular flexibility index (Phi) is 13.9. The van der Waals surface area contributed by atoms with E-state index in [2.05, 4.69) is 0 Å². The summed E-state index contributed by atoms with van der Waals surface area (Å²) in [6.07, 6.45) is -6.58.